The van der Waals surface area contributed by atoms with Crippen molar-refractivity contribution >= 4 is 6.21 Å². The zero-order chi connectivity index (χ0) is 12.8. The van der Waals surface area contributed by atoms with E-state index in [0.717, 1.165) is 5.56 Å². The summed E-state index contributed by atoms with van der Waals surface area (Å²) in [5.41, 5.74) is 0.885. The maximum Gasteiger partial charge on any atom is 0.263 e. The van der Waals surface area contributed by atoms with Crippen molar-refractivity contribution in [1.29, 1.82) is 0 Å². The minimum atomic E-state index is -2.72. The highest BCUT2D eigenvalue weighted by molar-refractivity contribution is 5.78. The third-order valence-corrected chi connectivity index (χ3v) is 2.76. The Hall–Kier alpha value is -1.49. The van der Waals surface area contributed by atoms with Crippen molar-refractivity contribution in [2.24, 2.45) is 5.16 Å². The van der Waals surface area contributed by atoms with Crippen LogP contribution in [-0.4, -0.2) is 31.3 Å². The Bertz CT molecular complexity index is 395. The molecule has 1 aromatic carbocycles. The van der Waals surface area contributed by atoms with Gasteiger partial charge in [0.2, 0.25) is 0 Å². The maximum atomic E-state index is 13.3. The number of nitrogens with one attached hydrogen (secondary N) is 1. The number of hydrogen-bond donors (Lipinski definition) is 1. The lowest BCUT2D eigenvalue weighted by molar-refractivity contribution is -0.0533. The molecule has 0 spiro atoms. The summed E-state index contributed by atoms with van der Waals surface area (Å²) in [6, 6.07) is 9.40. The van der Waals surface area contributed by atoms with E-state index < -0.39 is 12.0 Å². The van der Waals surface area contributed by atoms with Crippen LogP contribution >= 0.6 is 0 Å². The zero-order valence-electron chi connectivity index (χ0n) is 9.98. The Morgan fingerprint density at radius 1 is 1.33 bits per heavy atom. The predicted molar refractivity (Wildman–Crippen MR) is 66.0 cm³/mol. The molecule has 1 aliphatic heterocycles. The van der Waals surface area contributed by atoms with Gasteiger partial charge in [-0.25, -0.2) is 8.78 Å². The molecule has 0 aliphatic carbocycles. The number of hydrogen-bond acceptors (Lipinski definition) is 3. The van der Waals surface area contributed by atoms with Crippen molar-refractivity contribution in [3.63, 3.8) is 0 Å². The van der Waals surface area contributed by atoms with Gasteiger partial charge in [-0.3, -0.25) is 0 Å². The fraction of sp³-hybridized carbons (Fsp3) is 0.462. The lowest BCUT2D eigenvalue weighted by atomic mass is 10.1. The number of nitrogens with zero attached hydrogens (tertiary/aromatic N) is 1. The van der Waals surface area contributed by atoms with Crippen LogP contribution in [0.4, 0.5) is 8.78 Å². The molecule has 0 aromatic heterocycles. The minimum Gasteiger partial charge on any atom is -0.392 e. The van der Waals surface area contributed by atoms with Gasteiger partial charge >= 0.3 is 0 Å². The Morgan fingerprint density at radius 3 is 2.89 bits per heavy atom. The van der Waals surface area contributed by atoms with E-state index in [0.29, 0.717) is 13.0 Å². The van der Waals surface area contributed by atoms with Crippen LogP contribution in [0.5, 0.6) is 0 Å². The van der Waals surface area contributed by atoms with E-state index in [9.17, 15) is 8.78 Å². The number of benzene rings is 1. The van der Waals surface area contributed by atoms with E-state index >= 15 is 0 Å². The summed E-state index contributed by atoms with van der Waals surface area (Å²) < 4.78 is 26.5. The molecule has 1 aliphatic rings. The first kappa shape index (κ1) is 13.0. The molecule has 0 radical (unpaired) electrons. The average molecular weight is 254 g/mol. The Kier molecular flexibility index (Phi) is 4.25. The third kappa shape index (κ3) is 4.07. The Balaban J connectivity index is 1.87. The first-order valence-electron chi connectivity index (χ1n) is 5.98. The van der Waals surface area contributed by atoms with Crippen molar-refractivity contribution in [3.05, 3.63) is 35.9 Å². The van der Waals surface area contributed by atoms with Gasteiger partial charge in [-0.2, -0.15) is 0 Å². The van der Waals surface area contributed by atoms with E-state index in [2.05, 4.69) is 10.5 Å². The second-order valence-electron chi connectivity index (χ2n) is 4.40. The largest absolute Gasteiger partial charge is 0.392 e. The summed E-state index contributed by atoms with van der Waals surface area (Å²) in [4.78, 5) is 5.15. The van der Waals surface area contributed by atoms with Gasteiger partial charge in [0.1, 0.15) is 6.10 Å². The van der Waals surface area contributed by atoms with Crippen LogP contribution in [0.1, 0.15) is 18.4 Å². The molecule has 1 fully saturated rings. The molecule has 1 heterocycles. The standard InChI is InChI=1S/C13H16F2N2O/c14-13(15)8-12(6-7-16-10-13)18-17-9-11-4-2-1-3-5-11/h1-5,9,12,16H,6-8,10H2. The van der Waals surface area contributed by atoms with Gasteiger partial charge in [0.05, 0.1) is 19.2 Å². The molecule has 1 N–H and O–H groups in total. The molecule has 1 saturated heterocycles. The van der Waals surface area contributed by atoms with Crippen LogP contribution in [-0.2, 0) is 4.84 Å². The van der Waals surface area contributed by atoms with Crippen LogP contribution in [0, 0.1) is 0 Å². The van der Waals surface area contributed by atoms with E-state index in [1.807, 2.05) is 30.3 Å². The molecule has 1 unspecified atom stereocenters. The molecule has 0 amide bonds. The smallest absolute Gasteiger partial charge is 0.263 e. The molecule has 0 saturated carbocycles. The molecule has 1 atom stereocenters. The summed E-state index contributed by atoms with van der Waals surface area (Å²) in [6.45, 7) is 0.246. The van der Waals surface area contributed by atoms with E-state index in [1.165, 1.54) is 6.21 Å². The van der Waals surface area contributed by atoms with Crippen LogP contribution < -0.4 is 5.32 Å². The third-order valence-electron chi connectivity index (χ3n) is 2.76. The van der Waals surface area contributed by atoms with Crippen LogP contribution in [0.15, 0.2) is 35.5 Å². The Labute approximate surface area is 105 Å². The topological polar surface area (TPSA) is 33.6 Å². The first-order chi connectivity index (χ1) is 8.66. The van der Waals surface area contributed by atoms with Crippen molar-refractivity contribution < 1.29 is 13.6 Å². The fourth-order valence-corrected chi connectivity index (χ4v) is 1.85. The average Bonchev–Trinajstić information content (AvgIpc) is 2.51. The summed E-state index contributed by atoms with van der Waals surface area (Å²) >= 11 is 0. The Morgan fingerprint density at radius 2 is 2.11 bits per heavy atom. The van der Waals surface area contributed by atoms with E-state index in [4.69, 9.17) is 4.84 Å². The van der Waals surface area contributed by atoms with E-state index in [-0.39, 0.29) is 13.0 Å². The van der Waals surface area contributed by atoms with Crippen molar-refractivity contribution in [3.8, 4) is 0 Å². The molecule has 98 valence electrons. The van der Waals surface area contributed by atoms with Crippen LogP contribution in [0.2, 0.25) is 0 Å². The van der Waals surface area contributed by atoms with Crippen molar-refractivity contribution in [2.75, 3.05) is 13.1 Å². The molecule has 3 nitrogen and oxygen atoms in total. The van der Waals surface area contributed by atoms with Crippen molar-refractivity contribution in [2.45, 2.75) is 24.9 Å². The van der Waals surface area contributed by atoms with Gasteiger partial charge < -0.3 is 10.2 Å². The molecule has 18 heavy (non-hydrogen) atoms. The number of halogens is 2. The maximum absolute atomic E-state index is 13.3. The number of rotatable bonds is 3. The highest BCUT2D eigenvalue weighted by Crippen LogP contribution is 2.24. The summed E-state index contributed by atoms with van der Waals surface area (Å²) in [6.07, 6.45) is 1.26. The van der Waals surface area contributed by atoms with Crippen molar-refractivity contribution in [1.82, 2.24) is 5.32 Å². The molecular formula is C13H16F2N2O. The van der Waals surface area contributed by atoms with Crippen LogP contribution in [0.25, 0.3) is 0 Å². The molecule has 1 aromatic rings. The number of alkyl halides is 2. The zero-order valence-corrected chi connectivity index (χ0v) is 9.98. The summed E-state index contributed by atoms with van der Waals surface area (Å²) in [5.74, 6) is -2.72. The van der Waals surface area contributed by atoms with Gasteiger partial charge in [0, 0.05) is 0 Å². The lowest BCUT2D eigenvalue weighted by Crippen LogP contribution is -2.31. The molecule has 2 rings (SSSR count). The summed E-state index contributed by atoms with van der Waals surface area (Å²) in [5, 5.41) is 6.48. The van der Waals surface area contributed by atoms with Gasteiger partial charge in [0.25, 0.3) is 5.92 Å². The summed E-state index contributed by atoms with van der Waals surface area (Å²) in [7, 11) is 0. The second-order valence-corrected chi connectivity index (χ2v) is 4.40. The van der Waals surface area contributed by atoms with Crippen LogP contribution in [0.3, 0.4) is 0 Å². The fourth-order valence-electron chi connectivity index (χ4n) is 1.85. The highest BCUT2D eigenvalue weighted by atomic mass is 19.3. The molecule has 0 bridgehead atoms. The normalized spacial score (nSPS) is 23.8. The monoisotopic (exact) mass is 254 g/mol. The quantitative estimate of drug-likeness (QED) is 0.664. The SMILES string of the molecule is FC1(F)CNCCC(ON=Cc2ccccc2)C1. The highest BCUT2D eigenvalue weighted by Gasteiger charge is 2.35. The number of oxime groups is 1. The second kappa shape index (κ2) is 5.91. The van der Waals surface area contributed by atoms with Gasteiger partial charge in [-0.1, -0.05) is 35.5 Å². The van der Waals surface area contributed by atoms with Gasteiger partial charge in [-0.05, 0) is 18.5 Å². The molecule has 5 heteroatoms. The molecular weight excluding hydrogens is 238 g/mol. The minimum absolute atomic E-state index is 0.282. The first-order valence-corrected chi connectivity index (χ1v) is 5.98. The lowest BCUT2D eigenvalue weighted by Gasteiger charge is -2.17. The van der Waals surface area contributed by atoms with Gasteiger partial charge in [0.15, 0.2) is 0 Å². The van der Waals surface area contributed by atoms with E-state index in [1.54, 1.807) is 0 Å². The van der Waals surface area contributed by atoms with Gasteiger partial charge in [-0.15, -0.1) is 0 Å². The predicted octanol–water partition coefficient (Wildman–Crippen LogP) is 2.42.